The first-order valence-corrected chi connectivity index (χ1v) is 13.0. The number of nitrogens with zero attached hydrogens (tertiary/aromatic N) is 2. The van der Waals surface area contributed by atoms with E-state index >= 15 is 0 Å². The Kier molecular flexibility index (Phi) is 7.08. The van der Waals surface area contributed by atoms with Crippen LogP contribution in [0, 0.1) is 25.7 Å². The number of hydrogen-bond acceptors (Lipinski definition) is 4. The van der Waals surface area contributed by atoms with Gasteiger partial charge in [0.05, 0.1) is 0 Å². The molecule has 2 heterocycles. The quantitative estimate of drug-likeness (QED) is 0.360. The van der Waals surface area contributed by atoms with Gasteiger partial charge in [-0.25, -0.2) is 4.98 Å². The van der Waals surface area contributed by atoms with E-state index in [1.165, 1.54) is 11.1 Å². The Morgan fingerprint density at radius 2 is 1.76 bits per heavy atom. The molecule has 0 radical (unpaired) electrons. The second kappa shape index (κ2) is 10.6. The van der Waals surface area contributed by atoms with Crippen molar-refractivity contribution in [3.8, 4) is 11.5 Å². The number of fused-ring (bicyclic) bond motifs is 1. The van der Waals surface area contributed by atoms with E-state index in [1.54, 1.807) is 0 Å². The highest BCUT2D eigenvalue weighted by molar-refractivity contribution is 5.97. The Morgan fingerprint density at radius 1 is 1.03 bits per heavy atom. The summed E-state index contributed by atoms with van der Waals surface area (Å²) in [4.78, 5) is 32.6. The second-order valence-corrected chi connectivity index (χ2v) is 10.1. The van der Waals surface area contributed by atoms with Crippen molar-refractivity contribution in [2.24, 2.45) is 11.8 Å². The number of carbonyl (C=O) groups excluding carboxylic acids is 2. The van der Waals surface area contributed by atoms with Crippen molar-refractivity contribution in [3.63, 3.8) is 0 Å². The summed E-state index contributed by atoms with van der Waals surface area (Å²) in [6.45, 7) is 7.93. The van der Waals surface area contributed by atoms with E-state index in [4.69, 9.17) is 4.42 Å². The van der Waals surface area contributed by atoms with E-state index in [0.29, 0.717) is 42.2 Å². The average molecular weight is 496 g/mol. The molecular weight excluding hydrogens is 462 g/mol. The Balaban J connectivity index is 1.18. The van der Waals surface area contributed by atoms with Crippen molar-refractivity contribution in [1.82, 2.24) is 15.2 Å². The standard InChI is InChI=1S/C31H33N3O3/c1-20-8-10-24(11-9-20)30-33-27-18-25(12-13-28(27)37-30)31(36)34-16-14-23(15-17-34)22(3)29(35)32-19-26-7-5-4-6-21(26)2/h4-13,18,22-23H,14-17,19H2,1-3H3,(H,32,35)/t22-/m1/s1. The molecule has 0 unspecified atom stereocenters. The molecule has 1 aromatic heterocycles. The first kappa shape index (κ1) is 24.8. The third kappa shape index (κ3) is 5.43. The monoisotopic (exact) mass is 495 g/mol. The van der Waals surface area contributed by atoms with E-state index in [2.05, 4.69) is 23.3 Å². The second-order valence-electron chi connectivity index (χ2n) is 10.1. The molecule has 4 aromatic rings. The lowest BCUT2D eigenvalue weighted by Gasteiger charge is -2.34. The summed E-state index contributed by atoms with van der Waals surface area (Å²) in [5.74, 6) is 0.796. The van der Waals surface area contributed by atoms with Gasteiger partial charge >= 0.3 is 0 Å². The number of nitrogens with one attached hydrogen (secondary N) is 1. The van der Waals surface area contributed by atoms with Gasteiger partial charge in [-0.15, -0.1) is 0 Å². The van der Waals surface area contributed by atoms with Crippen LogP contribution in [0.3, 0.4) is 0 Å². The molecule has 6 nitrogen and oxygen atoms in total. The maximum atomic E-state index is 13.2. The van der Waals surface area contributed by atoms with Gasteiger partial charge in [-0.05, 0) is 74.1 Å². The van der Waals surface area contributed by atoms with E-state index < -0.39 is 0 Å². The fourth-order valence-electron chi connectivity index (χ4n) is 5.03. The summed E-state index contributed by atoms with van der Waals surface area (Å²) in [5, 5.41) is 3.09. The molecule has 1 saturated heterocycles. The van der Waals surface area contributed by atoms with Gasteiger partial charge in [0.25, 0.3) is 5.91 Å². The minimum absolute atomic E-state index is 0.00288. The fourth-order valence-corrected chi connectivity index (χ4v) is 5.03. The number of amides is 2. The van der Waals surface area contributed by atoms with Crippen LogP contribution in [-0.4, -0.2) is 34.8 Å². The highest BCUT2D eigenvalue weighted by Crippen LogP contribution is 2.28. The molecule has 1 atom stereocenters. The molecule has 1 aliphatic rings. The molecule has 6 heteroatoms. The summed E-state index contributed by atoms with van der Waals surface area (Å²) in [6.07, 6.45) is 1.63. The maximum absolute atomic E-state index is 13.2. The van der Waals surface area contributed by atoms with Gasteiger partial charge in [-0.1, -0.05) is 48.9 Å². The van der Waals surface area contributed by atoms with Crippen molar-refractivity contribution >= 4 is 22.9 Å². The first-order chi connectivity index (χ1) is 17.9. The van der Waals surface area contributed by atoms with E-state index in [0.717, 1.165) is 24.0 Å². The van der Waals surface area contributed by atoms with Crippen LogP contribution in [-0.2, 0) is 11.3 Å². The smallest absolute Gasteiger partial charge is 0.253 e. The van der Waals surface area contributed by atoms with Gasteiger partial charge in [0.1, 0.15) is 5.52 Å². The van der Waals surface area contributed by atoms with Gasteiger partial charge in [0.15, 0.2) is 5.58 Å². The number of carbonyl (C=O) groups is 2. The van der Waals surface area contributed by atoms with Gasteiger partial charge < -0.3 is 14.6 Å². The normalized spacial score (nSPS) is 15.1. The topological polar surface area (TPSA) is 75.4 Å². The predicted molar refractivity (Wildman–Crippen MR) is 145 cm³/mol. The molecule has 0 spiro atoms. The number of piperidine rings is 1. The van der Waals surface area contributed by atoms with Crippen LogP contribution in [0.5, 0.6) is 0 Å². The molecule has 2 amide bonds. The lowest BCUT2D eigenvalue weighted by atomic mass is 9.84. The zero-order valence-electron chi connectivity index (χ0n) is 21.7. The SMILES string of the molecule is Cc1ccc(-c2nc3cc(C(=O)N4CCC([C@@H](C)C(=O)NCc5ccccc5C)CC4)ccc3o2)cc1. The van der Waals surface area contributed by atoms with Gasteiger partial charge in [-0.2, -0.15) is 0 Å². The van der Waals surface area contributed by atoms with Crippen LogP contribution in [0.4, 0.5) is 0 Å². The summed E-state index contributed by atoms with van der Waals surface area (Å²) < 4.78 is 5.92. The zero-order chi connectivity index (χ0) is 25.9. The van der Waals surface area contributed by atoms with Crippen molar-refractivity contribution in [2.45, 2.75) is 40.2 Å². The van der Waals surface area contributed by atoms with Crippen LogP contribution in [0.15, 0.2) is 71.1 Å². The van der Waals surface area contributed by atoms with Crippen molar-refractivity contribution in [1.29, 1.82) is 0 Å². The number of rotatable bonds is 6. The zero-order valence-corrected chi connectivity index (χ0v) is 21.7. The Morgan fingerprint density at radius 3 is 2.49 bits per heavy atom. The van der Waals surface area contributed by atoms with E-state index in [-0.39, 0.29) is 23.7 Å². The summed E-state index contributed by atoms with van der Waals surface area (Å²) in [7, 11) is 0. The highest BCUT2D eigenvalue weighted by Gasteiger charge is 2.30. The average Bonchev–Trinajstić information content (AvgIpc) is 3.35. The van der Waals surface area contributed by atoms with Gasteiger partial charge in [0, 0.05) is 36.7 Å². The molecule has 1 N–H and O–H groups in total. The molecule has 5 rings (SSSR count). The first-order valence-electron chi connectivity index (χ1n) is 13.0. The molecule has 37 heavy (non-hydrogen) atoms. The summed E-state index contributed by atoms with van der Waals surface area (Å²) >= 11 is 0. The van der Waals surface area contributed by atoms with Crippen LogP contribution < -0.4 is 5.32 Å². The largest absolute Gasteiger partial charge is 0.436 e. The van der Waals surface area contributed by atoms with E-state index in [1.807, 2.05) is 79.4 Å². The van der Waals surface area contributed by atoms with Crippen LogP contribution in [0.25, 0.3) is 22.6 Å². The number of aromatic nitrogens is 1. The molecule has 190 valence electrons. The van der Waals surface area contributed by atoms with Crippen LogP contribution in [0.2, 0.25) is 0 Å². The summed E-state index contributed by atoms with van der Waals surface area (Å²) in [5.41, 5.74) is 6.35. The number of oxazole rings is 1. The molecule has 0 aliphatic carbocycles. The minimum Gasteiger partial charge on any atom is -0.436 e. The van der Waals surface area contributed by atoms with Crippen molar-refractivity contribution in [3.05, 3.63) is 89.0 Å². The lowest BCUT2D eigenvalue weighted by Crippen LogP contribution is -2.42. The molecule has 0 bridgehead atoms. The number of benzene rings is 3. The number of hydrogen-bond donors (Lipinski definition) is 1. The number of likely N-dealkylation sites (tertiary alicyclic amines) is 1. The van der Waals surface area contributed by atoms with Gasteiger partial charge in [-0.3, -0.25) is 9.59 Å². The molecule has 1 fully saturated rings. The molecule has 3 aromatic carbocycles. The van der Waals surface area contributed by atoms with Gasteiger partial charge in [0.2, 0.25) is 11.8 Å². The van der Waals surface area contributed by atoms with Crippen molar-refractivity contribution in [2.75, 3.05) is 13.1 Å². The maximum Gasteiger partial charge on any atom is 0.253 e. The third-order valence-corrected chi connectivity index (χ3v) is 7.59. The van der Waals surface area contributed by atoms with Crippen LogP contribution >= 0.6 is 0 Å². The van der Waals surface area contributed by atoms with Crippen molar-refractivity contribution < 1.29 is 14.0 Å². The lowest BCUT2D eigenvalue weighted by molar-refractivity contribution is -0.126. The van der Waals surface area contributed by atoms with Crippen LogP contribution in [0.1, 0.15) is 46.8 Å². The Bertz CT molecular complexity index is 1420. The number of aryl methyl sites for hydroxylation is 2. The predicted octanol–water partition coefficient (Wildman–Crippen LogP) is 5.92. The van der Waals surface area contributed by atoms with E-state index in [9.17, 15) is 9.59 Å². The third-order valence-electron chi connectivity index (χ3n) is 7.59. The molecular formula is C31H33N3O3. The highest BCUT2D eigenvalue weighted by atomic mass is 16.3. The minimum atomic E-state index is -0.0899. The summed E-state index contributed by atoms with van der Waals surface area (Å²) in [6, 6.07) is 21.6. The fraction of sp³-hybridized carbons (Fsp3) is 0.323. The molecule has 1 aliphatic heterocycles. The Labute approximate surface area is 217 Å². The molecule has 0 saturated carbocycles. The Hall–Kier alpha value is -3.93.